The van der Waals surface area contributed by atoms with Gasteiger partial charge in [-0.25, -0.2) is 4.21 Å². The number of amides is 1. The fraction of sp³-hybridized carbons (Fsp3) is 0.333. The van der Waals surface area contributed by atoms with Gasteiger partial charge in [-0.1, -0.05) is 29.8 Å². The summed E-state index contributed by atoms with van der Waals surface area (Å²) in [5.74, 6) is 0.600. The van der Waals surface area contributed by atoms with Crippen LogP contribution in [-0.4, -0.2) is 32.5 Å². The minimum atomic E-state index is -1.38. The smallest absolute Gasteiger partial charge is 0.233 e. The Kier molecular flexibility index (Phi) is 8.90. The zero-order valence-electron chi connectivity index (χ0n) is 22.6. The van der Waals surface area contributed by atoms with E-state index in [0.717, 1.165) is 62.6 Å². The summed E-state index contributed by atoms with van der Waals surface area (Å²) in [5.41, 5.74) is 8.77. The maximum atomic E-state index is 12.4. The van der Waals surface area contributed by atoms with Crippen LogP contribution in [0.25, 0.3) is 22.0 Å². The average molecular weight is 552 g/mol. The van der Waals surface area contributed by atoms with Crippen LogP contribution in [0.15, 0.2) is 48.8 Å². The van der Waals surface area contributed by atoms with E-state index in [4.69, 9.17) is 16.3 Å². The predicted octanol–water partition coefficient (Wildman–Crippen LogP) is 6.40. The molecule has 0 saturated carbocycles. The van der Waals surface area contributed by atoms with E-state index in [1.807, 2.05) is 38.2 Å². The average Bonchev–Trinajstić information content (AvgIpc) is 3.14. The Labute approximate surface area is 232 Å². The second kappa shape index (κ2) is 12.1. The molecular weight excluding hydrogens is 518 g/mol. The van der Waals surface area contributed by atoms with E-state index in [9.17, 15) is 9.00 Å². The Morgan fingerprint density at radius 2 is 1.82 bits per heavy atom. The van der Waals surface area contributed by atoms with Crippen molar-refractivity contribution in [1.82, 2.24) is 14.3 Å². The topological polar surface area (TPSA) is 73.2 Å². The summed E-state index contributed by atoms with van der Waals surface area (Å²) in [4.78, 5) is 16.7. The molecule has 0 aliphatic heterocycles. The summed E-state index contributed by atoms with van der Waals surface area (Å²) in [7, 11) is -1.38. The van der Waals surface area contributed by atoms with Crippen LogP contribution in [0.2, 0.25) is 5.02 Å². The molecule has 4 rings (SSSR count). The van der Waals surface area contributed by atoms with Crippen LogP contribution in [0.4, 0.5) is 0 Å². The van der Waals surface area contributed by atoms with Gasteiger partial charge in [0.2, 0.25) is 5.91 Å². The quantitative estimate of drug-likeness (QED) is 0.231. The van der Waals surface area contributed by atoms with Gasteiger partial charge in [-0.3, -0.25) is 14.5 Å². The molecule has 1 amide bonds. The summed E-state index contributed by atoms with van der Waals surface area (Å²) in [6.07, 6.45) is 7.07. The van der Waals surface area contributed by atoms with Crippen molar-refractivity contribution in [3.63, 3.8) is 0 Å². The highest BCUT2D eigenvalue weighted by atomic mass is 35.5. The highest BCUT2D eigenvalue weighted by Gasteiger charge is 2.19. The van der Waals surface area contributed by atoms with Crippen LogP contribution >= 0.6 is 11.6 Å². The van der Waals surface area contributed by atoms with E-state index in [0.29, 0.717) is 13.2 Å². The molecule has 2 aromatic heterocycles. The monoisotopic (exact) mass is 551 g/mol. The molecule has 38 heavy (non-hydrogen) atoms. The number of carbonyl (C=O) groups is 1. The summed E-state index contributed by atoms with van der Waals surface area (Å²) in [5, 5.41) is 1.94. The Hall–Kier alpha value is -3.16. The SMILES string of the molecule is Cc1ccncc1-c1cccc2c(CCCOc3cc(C)c(Cl)c(C)c3)c(C)n(CCC(=O)NS(C)=O)c12. The first-order valence-corrected chi connectivity index (χ1v) is 14.6. The van der Waals surface area contributed by atoms with Gasteiger partial charge in [0.25, 0.3) is 0 Å². The Bertz CT molecular complexity index is 1490. The highest BCUT2D eigenvalue weighted by molar-refractivity contribution is 7.82. The van der Waals surface area contributed by atoms with Crippen molar-refractivity contribution < 1.29 is 13.7 Å². The van der Waals surface area contributed by atoms with Gasteiger partial charge in [0.15, 0.2) is 0 Å². The van der Waals surface area contributed by atoms with Crippen LogP contribution in [-0.2, 0) is 28.7 Å². The van der Waals surface area contributed by atoms with E-state index >= 15 is 0 Å². The molecular formula is C30H34ClN3O3S. The van der Waals surface area contributed by atoms with Gasteiger partial charge in [0.05, 0.1) is 12.1 Å². The zero-order valence-corrected chi connectivity index (χ0v) is 24.1. The number of aromatic nitrogens is 2. The Balaban J connectivity index is 1.64. The van der Waals surface area contributed by atoms with Crippen LogP contribution in [0.5, 0.6) is 5.75 Å². The molecule has 0 fully saturated rings. The lowest BCUT2D eigenvalue weighted by molar-refractivity contribution is -0.119. The number of hydrogen-bond acceptors (Lipinski definition) is 4. The molecule has 1 N–H and O–H groups in total. The minimum absolute atomic E-state index is 0.231. The van der Waals surface area contributed by atoms with Gasteiger partial charge in [-0.2, -0.15) is 0 Å². The van der Waals surface area contributed by atoms with Gasteiger partial charge in [0.1, 0.15) is 16.7 Å². The van der Waals surface area contributed by atoms with Crippen molar-refractivity contribution in [2.45, 2.75) is 53.5 Å². The number of aryl methyl sites for hydroxylation is 5. The molecule has 4 aromatic rings. The maximum absolute atomic E-state index is 12.4. The van der Waals surface area contributed by atoms with Crippen LogP contribution in [0.3, 0.4) is 0 Å². The van der Waals surface area contributed by atoms with E-state index < -0.39 is 11.0 Å². The van der Waals surface area contributed by atoms with E-state index in [-0.39, 0.29) is 12.3 Å². The molecule has 0 saturated heterocycles. The van der Waals surface area contributed by atoms with Crippen LogP contribution < -0.4 is 9.46 Å². The number of fused-ring (bicyclic) bond motifs is 1. The van der Waals surface area contributed by atoms with Crippen LogP contribution in [0.1, 0.15) is 40.8 Å². The molecule has 200 valence electrons. The Morgan fingerprint density at radius 1 is 1.08 bits per heavy atom. The molecule has 2 aromatic carbocycles. The summed E-state index contributed by atoms with van der Waals surface area (Å²) >= 11 is 6.30. The molecule has 1 atom stereocenters. The number of para-hydroxylation sites is 1. The number of benzene rings is 2. The molecule has 2 heterocycles. The third-order valence-corrected chi connectivity index (χ3v) is 7.98. The lowest BCUT2D eigenvalue weighted by Crippen LogP contribution is -2.25. The summed E-state index contributed by atoms with van der Waals surface area (Å²) in [6, 6.07) is 12.3. The third-order valence-electron chi connectivity index (χ3n) is 6.87. The molecule has 6 nitrogen and oxygen atoms in total. The molecule has 8 heteroatoms. The van der Waals surface area contributed by atoms with Crippen LogP contribution in [0, 0.1) is 27.7 Å². The third kappa shape index (κ3) is 6.11. The standard InChI is InChI=1S/C30H34ClN3O3S/c1-19-11-13-32-18-27(19)26-9-6-8-25-24(10-7-15-37-23-16-20(2)29(31)21(3)17-23)22(4)34(30(25)26)14-12-28(35)33-38(5)36/h6,8-9,11,13,16-18H,7,10,12,14-15H2,1-5H3,(H,33,35). The lowest BCUT2D eigenvalue weighted by Gasteiger charge is -2.13. The lowest BCUT2D eigenvalue weighted by atomic mass is 9.98. The summed E-state index contributed by atoms with van der Waals surface area (Å²) in [6.45, 7) is 9.23. The molecule has 0 spiro atoms. The van der Waals surface area contributed by atoms with Gasteiger partial charge in [0, 0.05) is 58.8 Å². The van der Waals surface area contributed by atoms with Crippen molar-refractivity contribution in [3.8, 4) is 16.9 Å². The van der Waals surface area contributed by atoms with E-state index in [2.05, 4.69) is 46.3 Å². The van der Waals surface area contributed by atoms with Gasteiger partial charge < -0.3 is 9.30 Å². The number of rotatable bonds is 10. The fourth-order valence-corrected chi connectivity index (χ4v) is 5.55. The van der Waals surface area contributed by atoms with Crippen molar-refractivity contribution in [3.05, 3.63) is 81.8 Å². The molecule has 0 aliphatic carbocycles. The normalized spacial score (nSPS) is 12.1. The van der Waals surface area contributed by atoms with Crippen molar-refractivity contribution in [2.24, 2.45) is 0 Å². The second-order valence-electron chi connectivity index (χ2n) is 9.66. The number of nitrogens with zero attached hydrogens (tertiary/aromatic N) is 2. The number of ether oxygens (including phenoxy) is 1. The first-order chi connectivity index (χ1) is 18.2. The van der Waals surface area contributed by atoms with Crippen molar-refractivity contribution in [2.75, 3.05) is 12.9 Å². The van der Waals surface area contributed by atoms with Gasteiger partial charge in [-0.05, 0) is 81.0 Å². The maximum Gasteiger partial charge on any atom is 0.233 e. The second-order valence-corrected chi connectivity index (χ2v) is 11.2. The molecule has 1 unspecified atom stereocenters. The van der Waals surface area contributed by atoms with E-state index in [1.54, 1.807) is 6.20 Å². The number of nitrogens with one attached hydrogen (secondary N) is 1. The first kappa shape index (κ1) is 27.9. The number of halogens is 1. The predicted molar refractivity (Wildman–Crippen MR) is 156 cm³/mol. The fourth-order valence-electron chi connectivity index (χ4n) is 5.01. The van der Waals surface area contributed by atoms with E-state index in [1.165, 1.54) is 17.2 Å². The zero-order chi connectivity index (χ0) is 27.4. The number of hydrogen-bond donors (Lipinski definition) is 1. The molecule has 0 radical (unpaired) electrons. The Morgan fingerprint density at radius 3 is 2.50 bits per heavy atom. The molecule has 0 bridgehead atoms. The highest BCUT2D eigenvalue weighted by Crippen LogP contribution is 2.36. The number of carbonyl (C=O) groups excluding carboxylic acids is 1. The van der Waals surface area contributed by atoms with Crippen molar-refractivity contribution in [1.29, 1.82) is 0 Å². The minimum Gasteiger partial charge on any atom is -0.494 e. The molecule has 0 aliphatic rings. The van der Waals surface area contributed by atoms with Crippen molar-refractivity contribution >= 4 is 39.4 Å². The van der Waals surface area contributed by atoms with Gasteiger partial charge in [-0.15, -0.1) is 0 Å². The first-order valence-electron chi connectivity index (χ1n) is 12.7. The number of pyridine rings is 1. The largest absolute Gasteiger partial charge is 0.494 e. The summed E-state index contributed by atoms with van der Waals surface area (Å²) < 4.78 is 22.3. The van der Waals surface area contributed by atoms with Gasteiger partial charge >= 0.3 is 0 Å².